The van der Waals surface area contributed by atoms with Gasteiger partial charge in [-0.1, -0.05) is 0 Å². The van der Waals surface area contributed by atoms with Gasteiger partial charge in [-0.15, -0.1) is 0 Å². The number of nitrogens with one attached hydrogen (secondary N) is 1. The van der Waals surface area contributed by atoms with Gasteiger partial charge >= 0.3 is 0 Å². The van der Waals surface area contributed by atoms with Crippen LogP contribution < -0.4 is 23.8 Å². The molecule has 2 aromatic carbocycles. The van der Waals surface area contributed by atoms with Crippen LogP contribution >= 0.6 is 0 Å². The minimum atomic E-state index is -3.88. The highest BCUT2D eigenvalue weighted by Gasteiger charge is 2.25. The molecule has 2 aromatic rings. The summed E-state index contributed by atoms with van der Waals surface area (Å²) < 4.78 is 43.9. The van der Waals surface area contributed by atoms with E-state index in [4.69, 9.17) is 14.2 Å². The molecule has 144 valence electrons. The fourth-order valence-corrected chi connectivity index (χ4v) is 3.87. The molecule has 1 aliphatic heterocycles. The van der Waals surface area contributed by atoms with Crippen molar-refractivity contribution in [1.82, 2.24) is 0 Å². The quantitative estimate of drug-likeness (QED) is 0.839. The van der Waals surface area contributed by atoms with Gasteiger partial charge in [0.05, 0.1) is 37.0 Å². The van der Waals surface area contributed by atoms with Gasteiger partial charge in [-0.2, -0.15) is 0 Å². The predicted molar refractivity (Wildman–Crippen MR) is 100 cm³/mol. The van der Waals surface area contributed by atoms with Crippen molar-refractivity contribution in [1.29, 1.82) is 0 Å². The molecule has 0 atom stereocenters. The van der Waals surface area contributed by atoms with Gasteiger partial charge in [-0.25, -0.2) is 8.42 Å². The van der Waals surface area contributed by atoms with Crippen LogP contribution in [0.3, 0.4) is 0 Å². The highest BCUT2D eigenvalue weighted by atomic mass is 32.2. The van der Waals surface area contributed by atoms with Crippen molar-refractivity contribution in [2.45, 2.75) is 11.8 Å². The molecule has 1 heterocycles. The number of anilines is 2. The third kappa shape index (κ3) is 3.77. The first-order valence-corrected chi connectivity index (χ1v) is 9.64. The molecule has 0 aromatic heterocycles. The number of carbonyl (C=O) groups is 1. The summed E-state index contributed by atoms with van der Waals surface area (Å²) in [5, 5.41) is 0. The molecule has 1 amide bonds. The monoisotopic (exact) mass is 392 g/mol. The number of rotatable bonds is 5. The summed E-state index contributed by atoms with van der Waals surface area (Å²) >= 11 is 0. The summed E-state index contributed by atoms with van der Waals surface area (Å²) in [6, 6.07) is 9.12. The molecule has 3 rings (SSSR count). The van der Waals surface area contributed by atoms with Crippen LogP contribution in [0.4, 0.5) is 11.4 Å². The van der Waals surface area contributed by atoms with E-state index in [1.165, 1.54) is 44.2 Å². The molecule has 0 spiro atoms. The summed E-state index contributed by atoms with van der Waals surface area (Å²) in [7, 11) is -0.914. The van der Waals surface area contributed by atoms with Crippen LogP contribution in [0.2, 0.25) is 0 Å². The van der Waals surface area contributed by atoms with E-state index < -0.39 is 10.0 Å². The molecule has 0 unspecified atom stereocenters. The number of fused-ring (bicyclic) bond motifs is 1. The molecule has 27 heavy (non-hydrogen) atoms. The fraction of sp³-hybridized carbons (Fsp3) is 0.278. The summed E-state index contributed by atoms with van der Waals surface area (Å²) in [6.07, 6.45) is 0. The molecule has 0 saturated heterocycles. The van der Waals surface area contributed by atoms with Crippen LogP contribution in [0.1, 0.15) is 6.92 Å². The Morgan fingerprint density at radius 2 is 1.85 bits per heavy atom. The molecule has 0 saturated carbocycles. The first-order valence-electron chi connectivity index (χ1n) is 8.15. The number of carbonyl (C=O) groups excluding carboxylic acids is 1. The van der Waals surface area contributed by atoms with E-state index in [-0.39, 0.29) is 10.8 Å². The normalized spacial score (nSPS) is 13.4. The SMILES string of the molecule is COc1ccc(NS(=O)(=O)c2ccc3c(c2)N(C(C)=O)CCO3)cc1OC. The van der Waals surface area contributed by atoms with E-state index in [1.807, 2.05) is 0 Å². The van der Waals surface area contributed by atoms with Gasteiger partial charge in [-0.3, -0.25) is 9.52 Å². The zero-order valence-corrected chi connectivity index (χ0v) is 16.0. The Morgan fingerprint density at radius 3 is 2.52 bits per heavy atom. The first kappa shape index (κ1) is 18.8. The van der Waals surface area contributed by atoms with E-state index >= 15 is 0 Å². The smallest absolute Gasteiger partial charge is 0.261 e. The number of amides is 1. The zero-order valence-electron chi connectivity index (χ0n) is 15.2. The van der Waals surface area contributed by atoms with E-state index in [0.29, 0.717) is 41.8 Å². The van der Waals surface area contributed by atoms with Crippen molar-refractivity contribution in [3.63, 3.8) is 0 Å². The molecule has 0 aliphatic carbocycles. The third-order valence-corrected chi connectivity index (χ3v) is 5.50. The van der Waals surface area contributed by atoms with Crippen molar-refractivity contribution in [2.24, 2.45) is 0 Å². The lowest BCUT2D eigenvalue weighted by Crippen LogP contribution is -2.36. The van der Waals surface area contributed by atoms with Gasteiger partial charge in [0.25, 0.3) is 10.0 Å². The van der Waals surface area contributed by atoms with E-state index in [1.54, 1.807) is 18.2 Å². The zero-order chi connectivity index (χ0) is 19.6. The highest BCUT2D eigenvalue weighted by Crippen LogP contribution is 2.35. The first-order chi connectivity index (χ1) is 12.9. The molecule has 1 aliphatic rings. The van der Waals surface area contributed by atoms with E-state index in [0.717, 1.165) is 0 Å². The number of benzene rings is 2. The summed E-state index contributed by atoms with van der Waals surface area (Å²) in [5.74, 6) is 1.19. The number of hydrogen-bond acceptors (Lipinski definition) is 6. The average Bonchev–Trinajstić information content (AvgIpc) is 2.66. The van der Waals surface area contributed by atoms with Gasteiger partial charge in [0.1, 0.15) is 12.4 Å². The number of methoxy groups -OCH3 is 2. The van der Waals surface area contributed by atoms with Crippen molar-refractivity contribution in [3.8, 4) is 17.2 Å². The molecule has 0 radical (unpaired) electrons. The van der Waals surface area contributed by atoms with E-state index in [2.05, 4.69) is 4.72 Å². The number of ether oxygens (including phenoxy) is 3. The molecular formula is C18H20N2O6S. The van der Waals surface area contributed by atoms with Crippen molar-refractivity contribution < 1.29 is 27.4 Å². The third-order valence-electron chi connectivity index (χ3n) is 4.12. The average molecular weight is 392 g/mol. The Kier molecular flexibility index (Phi) is 5.13. The Hall–Kier alpha value is -2.94. The maximum Gasteiger partial charge on any atom is 0.261 e. The lowest BCUT2D eigenvalue weighted by Gasteiger charge is -2.29. The minimum absolute atomic E-state index is 0.0211. The molecule has 9 heteroatoms. The lowest BCUT2D eigenvalue weighted by molar-refractivity contribution is -0.116. The van der Waals surface area contributed by atoms with Crippen molar-refractivity contribution in [2.75, 3.05) is 37.0 Å². The standard InChI is InChI=1S/C18H20N2O6S/c1-12(21)20-8-9-26-16-7-5-14(11-15(16)20)27(22,23)19-13-4-6-17(24-2)18(10-13)25-3/h4-7,10-11,19H,8-9H2,1-3H3. The minimum Gasteiger partial charge on any atom is -0.493 e. The summed E-state index contributed by atoms with van der Waals surface area (Å²) in [5.41, 5.74) is 0.758. The van der Waals surface area contributed by atoms with Gasteiger partial charge in [-0.05, 0) is 30.3 Å². The van der Waals surface area contributed by atoms with E-state index in [9.17, 15) is 13.2 Å². The second-order valence-corrected chi connectivity index (χ2v) is 7.51. The maximum absolute atomic E-state index is 12.8. The summed E-state index contributed by atoms with van der Waals surface area (Å²) in [6.45, 7) is 2.16. The second-order valence-electron chi connectivity index (χ2n) is 5.82. The predicted octanol–water partition coefficient (Wildman–Crippen LogP) is 2.25. The van der Waals surface area contributed by atoms with Crippen LogP contribution in [0, 0.1) is 0 Å². The Morgan fingerprint density at radius 1 is 1.11 bits per heavy atom. The van der Waals surface area contributed by atoms with Crippen LogP contribution in [0.5, 0.6) is 17.2 Å². The topological polar surface area (TPSA) is 94.2 Å². The van der Waals surface area contributed by atoms with Crippen LogP contribution in [-0.4, -0.2) is 41.7 Å². The molecular weight excluding hydrogens is 372 g/mol. The fourth-order valence-electron chi connectivity index (χ4n) is 2.81. The van der Waals surface area contributed by atoms with Crippen molar-refractivity contribution in [3.05, 3.63) is 36.4 Å². The van der Waals surface area contributed by atoms with Gasteiger partial charge in [0.15, 0.2) is 11.5 Å². The molecule has 1 N–H and O–H groups in total. The van der Waals surface area contributed by atoms with Crippen LogP contribution in [0.15, 0.2) is 41.3 Å². The van der Waals surface area contributed by atoms with Gasteiger partial charge < -0.3 is 19.1 Å². The molecule has 0 bridgehead atoms. The molecule has 8 nitrogen and oxygen atoms in total. The van der Waals surface area contributed by atoms with Gasteiger partial charge in [0.2, 0.25) is 5.91 Å². The second kappa shape index (κ2) is 7.36. The maximum atomic E-state index is 12.8. The Bertz CT molecular complexity index is 974. The Labute approximate surface area is 157 Å². The Balaban J connectivity index is 1.94. The van der Waals surface area contributed by atoms with Crippen LogP contribution in [0.25, 0.3) is 0 Å². The lowest BCUT2D eigenvalue weighted by atomic mass is 10.2. The largest absolute Gasteiger partial charge is 0.493 e. The molecule has 0 fully saturated rings. The number of nitrogens with zero attached hydrogens (tertiary/aromatic N) is 1. The van der Waals surface area contributed by atoms with Crippen LogP contribution in [-0.2, 0) is 14.8 Å². The number of sulfonamides is 1. The van der Waals surface area contributed by atoms with Crippen molar-refractivity contribution >= 4 is 27.3 Å². The summed E-state index contributed by atoms with van der Waals surface area (Å²) in [4.78, 5) is 13.3. The highest BCUT2D eigenvalue weighted by molar-refractivity contribution is 7.92. The number of hydrogen-bond donors (Lipinski definition) is 1. The van der Waals surface area contributed by atoms with Gasteiger partial charge in [0, 0.05) is 13.0 Å².